The molecule has 0 radical (unpaired) electrons. The van der Waals surface area contributed by atoms with E-state index < -0.39 is 23.9 Å². The number of aliphatic imine (C=N–C) groups is 1. The second kappa shape index (κ2) is 12.7. The van der Waals surface area contributed by atoms with E-state index in [2.05, 4.69) is 32.5 Å². The van der Waals surface area contributed by atoms with Crippen LogP contribution >= 0.6 is 11.3 Å². The van der Waals surface area contributed by atoms with E-state index in [4.69, 9.17) is 11.3 Å². The number of benzene rings is 3. The third-order valence-corrected chi connectivity index (χ3v) is 8.18. The van der Waals surface area contributed by atoms with Crippen molar-refractivity contribution in [3.63, 3.8) is 0 Å². The molecule has 1 saturated carbocycles. The van der Waals surface area contributed by atoms with Crippen LogP contribution in [0.15, 0.2) is 76.8 Å². The normalized spacial score (nSPS) is 14.0. The van der Waals surface area contributed by atoms with Gasteiger partial charge in [-0.1, -0.05) is 54.9 Å². The fourth-order valence-electron chi connectivity index (χ4n) is 5.04. The van der Waals surface area contributed by atoms with Crippen molar-refractivity contribution in [2.24, 2.45) is 15.8 Å². The van der Waals surface area contributed by atoms with Crippen LogP contribution in [0.3, 0.4) is 0 Å². The lowest BCUT2D eigenvalue weighted by Gasteiger charge is -2.25. The van der Waals surface area contributed by atoms with Gasteiger partial charge in [0, 0.05) is 11.3 Å². The minimum Gasteiger partial charge on any atom is -0.478 e. The number of nitrogens with zero attached hydrogens (tertiary/aromatic N) is 4. The molecule has 5 N–H and O–H groups in total. The number of aromatic carboxylic acids is 1. The molecule has 0 atom stereocenters. The van der Waals surface area contributed by atoms with E-state index in [1.165, 1.54) is 61.1 Å². The molecule has 5 rings (SSSR count). The van der Waals surface area contributed by atoms with Gasteiger partial charge in [-0.2, -0.15) is 4.99 Å². The highest BCUT2D eigenvalue weighted by Gasteiger charge is 2.21. The van der Waals surface area contributed by atoms with Gasteiger partial charge in [-0.15, -0.1) is 5.11 Å². The summed E-state index contributed by atoms with van der Waals surface area (Å²) < 4.78 is 0.648. The van der Waals surface area contributed by atoms with Crippen LogP contribution < -0.4 is 16.0 Å². The molecule has 0 saturated heterocycles. The average molecular weight is 584 g/mol. The number of thiazole rings is 1. The molecule has 214 valence electrons. The van der Waals surface area contributed by atoms with Crippen LogP contribution in [0.5, 0.6) is 0 Å². The molecule has 0 spiro atoms. The molecule has 0 aliphatic heterocycles. The molecule has 4 aromatic rings. The molecule has 1 aliphatic carbocycles. The van der Waals surface area contributed by atoms with E-state index in [-0.39, 0.29) is 17.7 Å². The van der Waals surface area contributed by atoms with Gasteiger partial charge >= 0.3 is 12.0 Å². The highest BCUT2D eigenvalue weighted by molar-refractivity contribution is 7.22. The van der Waals surface area contributed by atoms with Crippen LogP contribution in [0.1, 0.15) is 69.9 Å². The SMILES string of the molecule is N=NC(N)=NC(=O)c1ccc(CN(C(=O)Nc2nc3ccc(C(=O)O)cc3s2)c2ccc(C3CCCCC3)cc2)cc1. The summed E-state index contributed by atoms with van der Waals surface area (Å²) in [4.78, 5) is 46.9. The Hall–Kier alpha value is -4.97. The third-order valence-electron chi connectivity index (χ3n) is 7.25. The van der Waals surface area contributed by atoms with Crippen LogP contribution in [-0.4, -0.2) is 34.0 Å². The molecule has 0 unspecified atom stereocenters. The standard InChI is InChI=1S/C30H29N7O4S/c31-28(36-32)34-26(38)21-8-6-18(7-9-21)17-37(23-13-10-20(11-14-23)19-4-2-1-3-5-19)30(41)35-29-33-24-15-12-22(27(39)40)16-25(24)42-29/h6-16,19,32H,1-5,17H2,(H,39,40)(H2,31,34,38)(H,33,35,41). The van der Waals surface area contributed by atoms with Crippen molar-refractivity contribution in [1.29, 1.82) is 5.53 Å². The lowest BCUT2D eigenvalue weighted by atomic mass is 9.84. The quantitative estimate of drug-likeness (QED) is 0.106. The first kappa shape index (κ1) is 28.6. The number of carboxylic acid groups (broad SMARTS) is 1. The summed E-state index contributed by atoms with van der Waals surface area (Å²) in [7, 11) is 0. The van der Waals surface area contributed by atoms with Crippen molar-refractivity contribution in [2.45, 2.75) is 44.6 Å². The number of carbonyl (C=O) groups is 3. The molecular formula is C30H29N7O4S. The van der Waals surface area contributed by atoms with Gasteiger partial charge in [-0.3, -0.25) is 15.0 Å². The summed E-state index contributed by atoms with van der Waals surface area (Å²) in [6.45, 7) is 0.199. The maximum absolute atomic E-state index is 13.7. The van der Waals surface area contributed by atoms with Crippen LogP contribution in [-0.2, 0) is 6.54 Å². The fourth-order valence-corrected chi connectivity index (χ4v) is 5.94. The number of aromatic nitrogens is 1. The number of amides is 3. The predicted molar refractivity (Wildman–Crippen MR) is 162 cm³/mol. The Morgan fingerprint density at radius 1 is 1.00 bits per heavy atom. The highest BCUT2D eigenvalue weighted by atomic mass is 32.1. The highest BCUT2D eigenvalue weighted by Crippen LogP contribution is 2.34. The van der Waals surface area contributed by atoms with Crippen LogP contribution in [0.25, 0.3) is 10.2 Å². The van der Waals surface area contributed by atoms with E-state index in [1.807, 2.05) is 12.1 Å². The fraction of sp³-hybridized carbons (Fsp3) is 0.233. The minimum absolute atomic E-state index is 0.146. The second-order valence-electron chi connectivity index (χ2n) is 10.0. The Balaban J connectivity index is 1.40. The Kier molecular flexibility index (Phi) is 8.63. The van der Waals surface area contributed by atoms with Gasteiger partial charge in [0.15, 0.2) is 5.13 Å². The smallest absolute Gasteiger partial charge is 0.335 e. The number of nitrogens with two attached hydrogens (primary N) is 1. The zero-order valence-electron chi connectivity index (χ0n) is 22.6. The van der Waals surface area contributed by atoms with Gasteiger partial charge in [0.2, 0.25) is 5.96 Å². The van der Waals surface area contributed by atoms with Crippen molar-refractivity contribution >= 4 is 56.2 Å². The van der Waals surface area contributed by atoms with Gasteiger partial charge in [0.25, 0.3) is 5.91 Å². The number of hydrogen-bond donors (Lipinski definition) is 4. The molecule has 3 amide bonds. The summed E-state index contributed by atoms with van der Waals surface area (Å²) in [6.07, 6.45) is 6.06. The molecule has 1 aromatic heterocycles. The Bertz CT molecular complexity index is 1660. The molecular weight excluding hydrogens is 554 g/mol. The van der Waals surface area contributed by atoms with Crippen molar-refractivity contribution in [3.8, 4) is 0 Å². The Labute approximate surface area is 245 Å². The Morgan fingerprint density at radius 2 is 1.69 bits per heavy atom. The zero-order valence-corrected chi connectivity index (χ0v) is 23.4. The minimum atomic E-state index is -1.03. The van der Waals surface area contributed by atoms with Crippen LogP contribution in [0.4, 0.5) is 15.6 Å². The van der Waals surface area contributed by atoms with Gasteiger partial charge in [0.1, 0.15) is 0 Å². The predicted octanol–water partition coefficient (Wildman–Crippen LogP) is 6.77. The van der Waals surface area contributed by atoms with Crippen molar-refractivity contribution in [1.82, 2.24) is 4.98 Å². The number of rotatable bonds is 7. The number of carbonyl (C=O) groups excluding carboxylic acids is 2. The zero-order chi connectivity index (χ0) is 29.6. The Morgan fingerprint density at radius 3 is 2.36 bits per heavy atom. The monoisotopic (exact) mass is 583 g/mol. The molecule has 12 heteroatoms. The topological polar surface area (TPSA) is 174 Å². The number of hydrogen-bond acceptors (Lipinski definition) is 6. The number of nitrogens with one attached hydrogen (secondary N) is 2. The van der Waals surface area contributed by atoms with Crippen molar-refractivity contribution in [2.75, 3.05) is 10.2 Å². The van der Waals surface area contributed by atoms with Crippen LogP contribution in [0.2, 0.25) is 0 Å². The number of carboxylic acids is 1. The summed E-state index contributed by atoms with van der Waals surface area (Å²) >= 11 is 1.19. The van der Waals surface area contributed by atoms with Gasteiger partial charge in [0.05, 0.1) is 22.3 Å². The van der Waals surface area contributed by atoms with E-state index in [0.29, 0.717) is 27.0 Å². The number of anilines is 2. The maximum Gasteiger partial charge on any atom is 0.335 e. The molecule has 1 heterocycles. The molecule has 42 heavy (non-hydrogen) atoms. The van der Waals surface area contributed by atoms with Gasteiger partial charge in [-0.05, 0) is 72.4 Å². The van der Waals surface area contributed by atoms with Gasteiger partial charge in [-0.25, -0.2) is 20.1 Å². The molecule has 3 aromatic carbocycles. The number of guanidine groups is 1. The van der Waals surface area contributed by atoms with Crippen LogP contribution in [0, 0.1) is 5.53 Å². The first-order chi connectivity index (χ1) is 20.3. The van der Waals surface area contributed by atoms with Crippen molar-refractivity contribution in [3.05, 3.63) is 89.0 Å². The van der Waals surface area contributed by atoms with E-state index in [0.717, 1.165) is 5.56 Å². The summed E-state index contributed by atoms with van der Waals surface area (Å²) in [5, 5.41) is 15.4. The molecule has 1 fully saturated rings. The largest absolute Gasteiger partial charge is 0.478 e. The summed E-state index contributed by atoms with van der Waals surface area (Å²) in [5.41, 5.74) is 15.9. The summed E-state index contributed by atoms with van der Waals surface area (Å²) in [5.74, 6) is -1.56. The second-order valence-corrected chi connectivity index (χ2v) is 11.1. The first-order valence-electron chi connectivity index (χ1n) is 13.5. The maximum atomic E-state index is 13.7. The third kappa shape index (κ3) is 6.66. The lowest BCUT2D eigenvalue weighted by molar-refractivity contribution is 0.0696. The first-order valence-corrected chi connectivity index (χ1v) is 14.3. The average Bonchev–Trinajstić information content (AvgIpc) is 3.42. The van der Waals surface area contributed by atoms with E-state index in [1.54, 1.807) is 35.2 Å². The van der Waals surface area contributed by atoms with E-state index in [9.17, 15) is 19.5 Å². The van der Waals surface area contributed by atoms with Crippen molar-refractivity contribution < 1.29 is 19.5 Å². The summed E-state index contributed by atoms with van der Waals surface area (Å²) in [6, 6.07) is 18.9. The lowest BCUT2D eigenvalue weighted by Crippen LogP contribution is -2.34. The molecule has 11 nitrogen and oxygen atoms in total. The number of urea groups is 1. The molecule has 1 aliphatic rings. The molecule has 0 bridgehead atoms. The van der Waals surface area contributed by atoms with Gasteiger partial charge < -0.3 is 10.8 Å². The number of fused-ring (bicyclic) bond motifs is 1. The van der Waals surface area contributed by atoms with E-state index >= 15 is 0 Å².